The molecule has 1 aromatic rings. The van der Waals surface area contributed by atoms with Crippen LogP contribution in [0, 0.1) is 0 Å². The van der Waals surface area contributed by atoms with Gasteiger partial charge in [-0.25, -0.2) is 9.59 Å². The second-order valence-corrected chi connectivity index (χ2v) is 7.19. The highest BCUT2D eigenvalue weighted by molar-refractivity contribution is 6.09. The largest absolute Gasteiger partial charge is 0.443 e. The van der Waals surface area contributed by atoms with Crippen molar-refractivity contribution in [2.24, 2.45) is 0 Å². The topological polar surface area (TPSA) is 68.7 Å². The lowest BCUT2D eigenvalue weighted by molar-refractivity contribution is -0.141. The van der Waals surface area contributed by atoms with Crippen molar-refractivity contribution in [1.82, 2.24) is 4.98 Å². The van der Waals surface area contributed by atoms with Crippen molar-refractivity contribution in [1.29, 1.82) is 0 Å². The van der Waals surface area contributed by atoms with Gasteiger partial charge in [-0.3, -0.25) is 4.98 Å². The van der Waals surface area contributed by atoms with Crippen LogP contribution in [0.1, 0.15) is 47.2 Å². The molecule has 0 radical (unpaired) electrons. The van der Waals surface area contributed by atoms with E-state index < -0.39 is 35.3 Å². The molecule has 0 atom stereocenters. The van der Waals surface area contributed by atoms with E-state index in [9.17, 15) is 22.8 Å². The van der Waals surface area contributed by atoms with Crippen LogP contribution in [0.3, 0.4) is 0 Å². The predicted octanol–water partition coefficient (Wildman–Crippen LogP) is 4.78. The van der Waals surface area contributed by atoms with Crippen LogP contribution in [0.15, 0.2) is 18.3 Å². The van der Waals surface area contributed by atoms with Gasteiger partial charge >= 0.3 is 18.4 Å². The molecule has 0 fully saturated rings. The number of amides is 2. The van der Waals surface area contributed by atoms with Crippen molar-refractivity contribution in [3.05, 3.63) is 24.0 Å². The number of halogens is 3. The maximum absolute atomic E-state index is 12.9. The molecule has 0 aromatic carbocycles. The Morgan fingerprint density at radius 2 is 1.40 bits per heavy atom. The van der Waals surface area contributed by atoms with Crippen molar-refractivity contribution in [2.45, 2.75) is 58.9 Å². The number of hydrogen-bond acceptors (Lipinski definition) is 5. The van der Waals surface area contributed by atoms with Gasteiger partial charge in [-0.1, -0.05) is 0 Å². The highest BCUT2D eigenvalue weighted by Crippen LogP contribution is 2.31. The molecule has 0 spiro atoms. The molecule has 6 nitrogen and oxygen atoms in total. The Morgan fingerprint density at radius 1 is 0.960 bits per heavy atom. The van der Waals surface area contributed by atoms with Crippen molar-refractivity contribution >= 4 is 17.9 Å². The molecule has 140 valence electrons. The summed E-state index contributed by atoms with van der Waals surface area (Å²) in [4.78, 5) is 28.3. The summed E-state index contributed by atoms with van der Waals surface area (Å²) in [5.74, 6) is 0. The summed E-state index contributed by atoms with van der Waals surface area (Å²) in [6.45, 7) is 9.37. The van der Waals surface area contributed by atoms with Crippen molar-refractivity contribution < 1.29 is 32.2 Å². The fraction of sp³-hybridized carbons (Fsp3) is 0.562. The molecule has 9 heteroatoms. The van der Waals surface area contributed by atoms with Crippen LogP contribution in [-0.4, -0.2) is 28.4 Å². The molecule has 0 aliphatic rings. The second kappa shape index (κ2) is 6.89. The molecule has 0 aliphatic carbocycles. The lowest BCUT2D eigenvalue weighted by Gasteiger charge is -2.28. The standard InChI is InChI=1S/C16H21F3N2O4/c1-14(2,3)24-12(22)21(13(23)25-15(4,5)6)10-7-8-20-11(9-10)16(17,18)19/h7-9H,1-6H3. The highest BCUT2D eigenvalue weighted by Gasteiger charge is 2.36. The van der Waals surface area contributed by atoms with Gasteiger partial charge in [0.1, 0.15) is 16.9 Å². The smallest absolute Gasteiger partial charge is 0.433 e. The number of pyridine rings is 1. The molecule has 1 heterocycles. The maximum atomic E-state index is 12.9. The molecule has 25 heavy (non-hydrogen) atoms. The highest BCUT2D eigenvalue weighted by atomic mass is 19.4. The van der Waals surface area contributed by atoms with E-state index in [1.54, 1.807) is 41.5 Å². The zero-order chi connectivity index (χ0) is 19.6. The Morgan fingerprint density at radius 3 is 1.76 bits per heavy atom. The van der Waals surface area contributed by atoms with Gasteiger partial charge in [-0.05, 0) is 53.7 Å². The van der Waals surface area contributed by atoms with Gasteiger partial charge in [0, 0.05) is 6.20 Å². The van der Waals surface area contributed by atoms with E-state index in [0.29, 0.717) is 11.0 Å². The summed E-state index contributed by atoms with van der Waals surface area (Å²) in [6.07, 6.45) is -6.19. The summed E-state index contributed by atoms with van der Waals surface area (Å²) in [5.41, 5.74) is -3.53. The molecular formula is C16H21F3N2O4. The van der Waals surface area contributed by atoms with Crippen LogP contribution in [0.5, 0.6) is 0 Å². The van der Waals surface area contributed by atoms with Crippen LogP contribution < -0.4 is 4.90 Å². The Kier molecular flexibility index (Phi) is 5.71. The number of alkyl halides is 3. The first-order valence-corrected chi connectivity index (χ1v) is 7.39. The Bertz CT molecular complexity index is 618. The fourth-order valence-corrected chi connectivity index (χ4v) is 1.61. The van der Waals surface area contributed by atoms with E-state index in [0.717, 1.165) is 12.3 Å². The van der Waals surface area contributed by atoms with E-state index in [1.807, 2.05) is 0 Å². The summed E-state index contributed by atoms with van der Waals surface area (Å²) >= 11 is 0. The minimum atomic E-state index is -4.73. The van der Waals surface area contributed by atoms with E-state index in [1.165, 1.54) is 0 Å². The minimum absolute atomic E-state index is 0.356. The maximum Gasteiger partial charge on any atom is 0.433 e. The normalized spacial score (nSPS) is 12.5. The number of imide groups is 1. The van der Waals surface area contributed by atoms with Gasteiger partial charge in [0.05, 0.1) is 5.69 Å². The third-order valence-corrected chi connectivity index (χ3v) is 2.44. The predicted molar refractivity (Wildman–Crippen MR) is 84.2 cm³/mol. The van der Waals surface area contributed by atoms with Crippen LogP contribution in [-0.2, 0) is 15.7 Å². The summed E-state index contributed by atoms with van der Waals surface area (Å²) < 4.78 is 48.8. The first-order valence-electron chi connectivity index (χ1n) is 7.39. The average molecular weight is 362 g/mol. The third kappa shape index (κ3) is 6.60. The molecular weight excluding hydrogens is 341 g/mol. The lowest BCUT2D eigenvalue weighted by atomic mass is 10.2. The fourth-order valence-electron chi connectivity index (χ4n) is 1.61. The monoisotopic (exact) mass is 362 g/mol. The number of nitrogens with zero attached hydrogens (tertiary/aromatic N) is 2. The second-order valence-electron chi connectivity index (χ2n) is 7.19. The zero-order valence-corrected chi connectivity index (χ0v) is 14.9. The number of aromatic nitrogens is 1. The Hall–Kier alpha value is -2.32. The summed E-state index contributed by atoms with van der Waals surface area (Å²) in [7, 11) is 0. The number of carbonyl (C=O) groups is 2. The molecule has 0 bridgehead atoms. The molecule has 1 aromatic heterocycles. The first-order chi connectivity index (χ1) is 11.1. The van der Waals surface area contributed by atoms with E-state index in [2.05, 4.69) is 4.98 Å². The number of rotatable bonds is 1. The minimum Gasteiger partial charge on any atom is -0.443 e. The van der Waals surface area contributed by atoms with Crippen LogP contribution in [0.25, 0.3) is 0 Å². The van der Waals surface area contributed by atoms with E-state index in [4.69, 9.17) is 9.47 Å². The van der Waals surface area contributed by atoms with Gasteiger partial charge in [0.15, 0.2) is 0 Å². The Balaban J connectivity index is 3.32. The third-order valence-electron chi connectivity index (χ3n) is 2.44. The molecule has 1 rings (SSSR count). The first kappa shape index (κ1) is 20.7. The van der Waals surface area contributed by atoms with Crippen molar-refractivity contribution in [2.75, 3.05) is 4.90 Å². The molecule has 0 saturated heterocycles. The van der Waals surface area contributed by atoms with Crippen molar-refractivity contribution in [3.8, 4) is 0 Å². The van der Waals surface area contributed by atoms with Crippen molar-refractivity contribution in [3.63, 3.8) is 0 Å². The summed E-state index contributed by atoms with van der Waals surface area (Å²) in [5, 5.41) is 0. The Labute approximate surface area is 143 Å². The van der Waals surface area contributed by atoms with Gasteiger partial charge in [-0.15, -0.1) is 0 Å². The molecule has 0 unspecified atom stereocenters. The van der Waals surface area contributed by atoms with E-state index in [-0.39, 0.29) is 5.69 Å². The zero-order valence-electron chi connectivity index (χ0n) is 14.9. The number of anilines is 1. The number of ether oxygens (including phenoxy) is 2. The van der Waals surface area contributed by atoms with Crippen LogP contribution in [0.2, 0.25) is 0 Å². The van der Waals surface area contributed by atoms with Crippen LogP contribution in [0.4, 0.5) is 28.4 Å². The number of carbonyl (C=O) groups excluding carboxylic acids is 2. The van der Waals surface area contributed by atoms with Gasteiger partial charge in [0.2, 0.25) is 0 Å². The number of hydrogen-bond donors (Lipinski definition) is 0. The quantitative estimate of drug-likeness (QED) is 0.719. The SMILES string of the molecule is CC(C)(C)OC(=O)N(C(=O)OC(C)(C)C)c1ccnc(C(F)(F)F)c1. The van der Waals surface area contributed by atoms with Gasteiger partial charge in [-0.2, -0.15) is 18.1 Å². The molecule has 2 amide bonds. The molecule has 0 saturated carbocycles. The van der Waals surface area contributed by atoms with Gasteiger partial charge < -0.3 is 9.47 Å². The average Bonchev–Trinajstić information content (AvgIpc) is 2.33. The lowest BCUT2D eigenvalue weighted by Crippen LogP contribution is -2.44. The van der Waals surface area contributed by atoms with Crippen LogP contribution >= 0.6 is 0 Å². The summed E-state index contributed by atoms with van der Waals surface area (Å²) in [6, 6.07) is 1.66. The molecule has 0 N–H and O–H groups in total. The van der Waals surface area contributed by atoms with Gasteiger partial charge in [0.25, 0.3) is 0 Å². The van der Waals surface area contributed by atoms with E-state index >= 15 is 0 Å². The molecule has 0 aliphatic heterocycles.